The highest BCUT2D eigenvalue weighted by Gasteiger charge is 2.13. The molecule has 5 N–H and O–H groups in total. The van der Waals surface area contributed by atoms with Crippen LogP contribution in [-0.2, 0) is 0 Å². The summed E-state index contributed by atoms with van der Waals surface area (Å²) in [5, 5.41) is 3.39. The van der Waals surface area contributed by atoms with Gasteiger partial charge in [-0.05, 0) is 36.4 Å². The van der Waals surface area contributed by atoms with Crippen molar-refractivity contribution < 1.29 is 9.53 Å². The number of halogens is 1. The first-order valence-corrected chi connectivity index (χ1v) is 6.19. The fraction of sp³-hybridized carbons (Fsp3) is 0.0714. The number of benzene rings is 2. The van der Waals surface area contributed by atoms with Crippen LogP contribution in [-0.4, -0.2) is 13.0 Å². The second kappa shape index (κ2) is 5.71. The number of rotatable bonds is 4. The van der Waals surface area contributed by atoms with Gasteiger partial charge >= 0.3 is 0 Å². The maximum Gasteiger partial charge on any atom is 0.250 e. The fourth-order valence-electron chi connectivity index (χ4n) is 1.77. The van der Waals surface area contributed by atoms with Crippen LogP contribution >= 0.6 is 11.6 Å². The van der Waals surface area contributed by atoms with Crippen molar-refractivity contribution >= 4 is 34.6 Å². The Bertz CT molecular complexity index is 642. The van der Waals surface area contributed by atoms with Crippen molar-refractivity contribution in [1.82, 2.24) is 0 Å². The Morgan fingerprint density at radius 1 is 1.25 bits per heavy atom. The lowest BCUT2D eigenvalue weighted by Crippen LogP contribution is -2.14. The van der Waals surface area contributed by atoms with Crippen molar-refractivity contribution in [3.8, 4) is 5.75 Å². The zero-order valence-corrected chi connectivity index (χ0v) is 11.6. The maximum atomic E-state index is 11.5. The van der Waals surface area contributed by atoms with E-state index in [-0.39, 0.29) is 5.56 Å². The zero-order chi connectivity index (χ0) is 14.7. The molecule has 2 rings (SSSR count). The Kier molecular flexibility index (Phi) is 4.00. The van der Waals surface area contributed by atoms with E-state index in [2.05, 4.69) is 5.32 Å². The first-order valence-electron chi connectivity index (χ1n) is 5.81. The van der Waals surface area contributed by atoms with E-state index >= 15 is 0 Å². The summed E-state index contributed by atoms with van der Waals surface area (Å²) in [6, 6.07) is 10.2. The molecule has 0 fully saturated rings. The molecule has 2 aromatic rings. The second-order valence-electron chi connectivity index (χ2n) is 4.14. The van der Waals surface area contributed by atoms with Crippen molar-refractivity contribution in [2.24, 2.45) is 5.73 Å². The average Bonchev–Trinajstić information content (AvgIpc) is 2.42. The van der Waals surface area contributed by atoms with Gasteiger partial charge in [0.1, 0.15) is 5.75 Å². The number of carbonyl (C=O) groups is 1. The third-order valence-electron chi connectivity index (χ3n) is 2.74. The molecule has 0 atom stereocenters. The van der Waals surface area contributed by atoms with Crippen molar-refractivity contribution in [2.45, 2.75) is 0 Å². The molecule has 0 unspecified atom stereocenters. The number of nitrogens with two attached hydrogens (primary N) is 2. The van der Waals surface area contributed by atoms with E-state index in [1.54, 1.807) is 37.4 Å². The smallest absolute Gasteiger partial charge is 0.250 e. The summed E-state index contributed by atoms with van der Waals surface area (Å²) in [6.45, 7) is 0. The largest absolute Gasteiger partial charge is 0.497 e. The van der Waals surface area contributed by atoms with Crippen molar-refractivity contribution in [3.63, 3.8) is 0 Å². The van der Waals surface area contributed by atoms with E-state index in [1.165, 1.54) is 6.07 Å². The number of primary amides is 1. The molecular weight excluding hydrogens is 278 g/mol. The van der Waals surface area contributed by atoms with Crippen LogP contribution in [0.5, 0.6) is 5.75 Å². The van der Waals surface area contributed by atoms with E-state index in [4.69, 9.17) is 27.8 Å². The van der Waals surface area contributed by atoms with Gasteiger partial charge in [-0.3, -0.25) is 4.79 Å². The lowest BCUT2D eigenvalue weighted by molar-refractivity contribution is 0.100. The number of nitrogens with one attached hydrogen (secondary N) is 1. The van der Waals surface area contributed by atoms with Gasteiger partial charge in [0.05, 0.1) is 23.4 Å². The third kappa shape index (κ3) is 2.95. The Labute approximate surface area is 121 Å². The number of ether oxygens (including phenoxy) is 1. The molecule has 0 radical (unpaired) electrons. The standard InChI is InChI=1S/C14H14ClN3O2/c1-20-10-4-2-9(3-5-10)18-13-11(14(17)19)6-8(16)7-12(13)15/h2-7,18H,16H2,1H3,(H2,17,19). The van der Waals surface area contributed by atoms with Gasteiger partial charge in [-0.15, -0.1) is 0 Å². The molecule has 0 saturated carbocycles. The van der Waals surface area contributed by atoms with E-state index in [0.717, 1.165) is 11.4 Å². The normalized spacial score (nSPS) is 10.1. The molecule has 0 spiro atoms. The van der Waals surface area contributed by atoms with E-state index < -0.39 is 5.91 Å². The second-order valence-corrected chi connectivity index (χ2v) is 4.55. The number of nitrogen functional groups attached to an aromatic ring is 1. The molecule has 0 aromatic heterocycles. The van der Waals surface area contributed by atoms with Gasteiger partial charge in [0.2, 0.25) is 0 Å². The number of amides is 1. The number of methoxy groups -OCH3 is 1. The predicted octanol–water partition coefficient (Wildman–Crippen LogP) is 2.77. The van der Waals surface area contributed by atoms with E-state index in [0.29, 0.717) is 16.4 Å². The minimum Gasteiger partial charge on any atom is -0.497 e. The lowest BCUT2D eigenvalue weighted by atomic mass is 10.1. The monoisotopic (exact) mass is 291 g/mol. The van der Waals surface area contributed by atoms with Crippen LogP contribution in [0.15, 0.2) is 36.4 Å². The molecule has 2 aromatic carbocycles. The molecular formula is C14H14ClN3O2. The molecule has 5 nitrogen and oxygen atoms in total. The van der Waals surface area contributed by atoms with Gasteiger partial charge in [-0.1, -0.05) is 11.6 Å². The zero-order valence-electron chi connectivity index (χ0n) is 10.8. The molecule has 0 heterocycles. The van der Waals surface area contributed by atoms with E-state index in [1.807, 2.05) is 0 Å². The van der Waals surface area contributed by atoms with Gasteiger partial charge < -0.3 is 21.5 Å². The minimum atomic E-state index is -0.602. The Hall–Kier alpha value is -2.40. The summed E-state index contributed by atoms with van der Waals surface area (Å²) in [4.78, 5) is 11.5. The summed E-state index contributed by atoms with van der Waals surface area (Å²) < 4.78 is 5.08. The molecule has 20 heavy (non-hydrogen) atoms. The summed E-state index contributed by atoms with van der Waals surface area (Å²) in [5.74, 6) is 0.129. The highest BCUT2D eigenvalue weighted by molar-refractivity contribution is 6.34. The summed E-state index contributed by atoms with van der Waals surface area (Å²) in [7, 11) is 1.59. The van der Waals surface area contributed by atoms with Gasteiger partial charge in [0.25, 0.3) is 5.91 Å². The minimum absolute atomic E-state index is 0.241. The molecule has 0 bridgehead atoms. The SMILES string of the molecule is COc1ccc(Nc2c(Cl)cc(N)cc2C(N)=O)cc1. The van der Waals surface area contributed by atoms with Crippen LogP contribution in [0.4, 0.5) is 17.1 Å². The van der Waals surface area contributed by atoms with Gasteiger partial charge in [0, 0.05) is 11.4 Å². The van der Waals surface area contributed by atoms with Crippen molar-refractivity contribution in [1.29, 1.82) is 0 Å². The topological polar surface area (TPSA) is 90.4 Å². The number of anilines is 3. The highest BCUT2D eigenvalue weighted by Crippen LogP contribution is 2.32. The number of carbonyl (C=O) groups excluding carboxylic acids is 1. The van der Waals surface area contributed by atoms with Crippen molar-refractivity contribution in [3.05, 3.63) is 47.0 Å². The molecule has 0 aliphatic rings. The molecule has 104 valence electrons. The number of hydrogen-bond acceptors (Lipinski definition) is 4. The number of hydrogen-bond donors (Lipinski definition) is 3. The fourth-order valence-corrected chi connectivity index (χ4v) is 2.04. The maximum absolute atomic E-state index is 11.5. The van der Waals surface area contributed by atoms with E-state index in [9.17, 15) is 4.79 Å². The van der Waals surface area contributed by atoms with Crippen LogP contribution in [0.25, 0.3) is 0 Å². The summed E-state index contributed by atoms with van der Waals surface area (Å²) in [5.41, 5.74) is 12.8. The van der Waals surface area contributed by atoms with Crippen LogP contribution in [0.2, 0.25) is 5.02 Å². The Morgan fingerprint density at radius 2 is 1.90 bits per heavy atom. The van der Waals surface area contributed by atoms with Gasteiger partial charge in [0.15, 0.2) is 0 Å². The predicted molar refractivity (Wildman–Crippen MR) is 80.7 cm³/mol. The first kappa shape index (κ1) is 14.0. The Balaban J connectivity index is 2.39. The summed E-state index contributed by atoms with van der Waals surface area (Å²) >= 11 is 6.11. The molecule has 0 saturated heterocycles. The van der Waals surface area contributed by atoms with Gasteiger partial charge in [-0.2, -0.15) is 0 Å². The highest BCUT2D eigenvalue weighted by atomic mass is 35.5. The molecule has 1 amide bonds. The first-order chi connectivity index (χ1) is 9.51. The van der Waals surface area contributed by atoms with Crippen molar-refractivity contribution in [2.75, 3.05) is 18.2 Å². The van der Waals surface area contributed by atoms with Gasteiger partial charge in [-0.25, -0.2) is 0 Å². The average molecular weight is 292 g/mol. The quantitative estimate of drug-likeness (QED) is 0.756. The van der Waals surface area contributed by atoms with Crippen LogP contribution in [0, 0.1) is 0 Å². The third-order valence-corrected chi connectivity index (χ3v) is 3.04. The molecule has 0 aliphatic carbocycles. The molecule has 6 heteroatoms. The van der Waals surface area contributed by atoms with Crippen LogP contribution in [0.1, 0.15) is 10.4 Å². The van der Waals surface area contributed by atoms with Crippen LogP contribution in [0.3, 0.4) is 0 Å². The lowest BCUT2D eigenvalue weighted by Gasteiger charge is -2.13. The Morgan fingerprint density at radius 3 is 2.45 bits per heavy atom. The van der Waals surface area contributed by atoms with Crippen LogP contribution < -0.4 is 21.5 Å². The molecule has 0 aliphatic heterocycles. The summed E-state index contributed by atoms with van der Waals surface area (Å²) in [6.07, 6.45) is 0.